The molecule has 0 radical (unpaired) electrons. The van der Waals surface area contributed by atoms with E-state index in [1.54, 1.807) is 43.3 Å². The van der Waals surface area contributed by atoms with E-state index in [9.17, 15) is 14.9 Å². The molecule has 0 bridgehead atoms. The van der Waals surface area contributed by atoms with E-state index in [4.69, 9.17) is 20.8 Å². The van der Waals surface area contributed by atoms with Crippen LogP contribution < -0.4 is 0 Å². The van der Waals surface area contributed by atoms with Crippen molar-refractivity contribution in [2.24, 2.45) is 0 Å². The molecule has 0 unspecified atom stereocenters. The number of non-ortho nitro benzene ring substituents is 1. The van der Waals surface area contributed by atoms with E-state index in [-0.39, 0.29) is 11.4 Å². The molecule has 7 heteroatoms. The fourth-order valence-corrected chi connectivity index (χ4v) is 2.73. The quantitative estimate of drug-likeness (QED) is 0.339. The molecule has 1 aromatic heterocycles. The molecule has 0 N–H and O–H groups in total. The highest BCUT2D eigenvalue weighted by Gasteiger charge is 2.19. The van der Waals surface area contributed by atoms with E-state index < -0.39 is 17.0 Å². The Bertz CT molecular complexity index is 949. The number of benzene rings is 2. The lowest BCUT2D eigenvalue weighted by Crippen LogP contribution is -2.08. The summed E-state index contributed by atoms with van der Waals surface area (Å²) in [4.78, 5) is 22.5. The van der Waals surface area contributed by atoms with Crippen molar-refractivity contribution in [3.63, 3.8) is 0 Å². The Morgan fingerprint density at radius 1 is 1.12 bits per heavy atom. The number of carbonyl (C=O) groups is 1. The zero-order valence-electron chi connectivity index (χ0n) is 13.7. The molecule has 0 aliphatic heterocycles. The number of hydrogen-bond acceptors (Lipinski definition) is 5. The van der Waals surface area contributed by atoms with Crippen LogP contribution in [0.25, 0.3) is 11.3 Å². The van der Waals surface area contributed by atoms with E-state index in [1.165, 1.54) is 18.2 Å². The fourth-order valence-electron chi connectivity index (χ4n) is 2.44. The zero-order valence-corrected chi connectivity index (χ0v) is 14.5. The van der Waals surface area contributed by atoms with Gasteiger partial charge in [-0.3, -0.25) is 10.1 Å². The van der Waals surface area contributed by atoms with Gasteiger partial charge in [-0.15, -0.1) is 0 Å². The molecule has 2 aromatic carbocycles. The van der Waals surface area contributed by atoms with Crippen LogP contribution in [0.5, 0.6) is 0 Å². The number of ether oxygens (including phenoxy) is 1. The highest BCUT2D eigenvalue weighted by atomic mass is 35.5. The van der Waals surface area contributed by atoms with Crippen molar-refractivity contribution < 1.29 is 18.9 Å². The SMILES string of the molecule is C[C@H](OC(=O)c1ccc(-c2ccc([N+](=O)[O-])cc2)o1)c1ccccc1Cl. The van der Waals surface area contributed by atoms with Gasteiger partial charge in [-0.25, -0.2) is 4.79 Å². The molecular weight excluding hydrogens is 358 g/mol. The third-order valence-electron chi connectivity index (χ3n) is 3.80. The molecular formula is C19H14ClNO5. The Balaban J connectivity index is 1.73. The van der Waals surface area contributed by atoms with Crippen LogP contribution in [-0.2, 0) is 4.74 Å². The van der Waals surface area contributed by atoms with Crippen LogP contribution in [0, 0.1) is 10.1 Å². The molecule has 0 fully saturated rings. The summed E-state index contributed by atoms with van der Waals surface area (Å²) in [5.41, 5.74) is 1.30. The van der Waals surface area contributed by atoms with E-state index in [1.807, 2.05) is 6.07 Å². The number of nitro groups is 1. The van der Waals surface area contributed by atoms with Gasteiger partial charge in [-0.05, 0) is 37.3 Å². The largest absolute Gasteiger partial charge is 0.452 e. The van der Waals surface area contributed by atoms with E-state index >= 15 is 0 Å². The Morgan fingerprint density at radius 3 is 2.46 bits per heavy atom. The van der Waals surface area contributed by atoms with Crippen molar-refractivity contribution in [1.82, 2.24) is 0 Å². The second kappa shape index (κ2) is 7.41. The smallest absolute Gasteiger partial charge is 0.374 e. The van der Waals surface area contributed by atoms with Crippen LogP contribution in [0.1, 0.15) is 29.1 Å². The number of rotatable bonds is 5. The molecule has 0 aliphatic rings. The molecule has 0 spiro atoms. The standard InChI is InChI=1S/C19H14ClNO5/c1-12(15-4-2-3-5-16(15)20)25-19(22)18-11-10-17(26-18)13-6-8-14(9-7-13)21(23)24/h2-12H,1H3/t12-/m0/s1. The minimum absolute atomic E-state index is 0.0199. The van der Waals surface area contributed by atoms with Gasteiger partial charge in [-0.1, -0.05) is 29.8 Å². The summed E-state index contributed by atoms with van der Waals surface area (Å²) in [7, 11) is 0. The first-order chi connectivity index (χ1) is 12.5. The zero-order chi connectivity index (χ0) is 18.7. The number of esters is 1. The predicted octanol–water partition coefficient (Wildman–Crippen LogP) is 5.43. The molecule has 3 rings (SSSR count). The van der Waals surface area contributed by atoms with Crippen LogP contribution in [0.2, 0.25) is 5.02 Å². The van der Waals surface area contributed by atoms with Crippen molar-refractivity contribution >= 4 is 23.3 Å². The first-order valence-corrected chi connectivity index (χ1v) is 8.13. The van der Waals surface area contributed by atoms with Gasteiger partial charge in [0, 0.05) is 28.3 Å². The van der Waals surface area contributed by atoms with Crippen molar-refractivity contribution in [2.75, 3.05) is 0 Å². The Kier molecular flexibility index (Phi) is 5.04. The van der Waals surface area contributed by atoms with Crippen molar-refractivity contribution in [3.05, 3.63) is 87.1 Å². The van der Waals surface area contributed by atoms with Crippen molar-refractivity contribution in [2.45, 2.75) is 13.0 Å². The van der Waals surface area contributed by atoms with Crippen molar-refractivity contribution in [1.29, 1.82) is 0 Å². The van der Waals surface area contributed by atoms with Gasteiger partial charge < -0.3 is 9.15 Å². The maximum absolute atomic E-state index is 12.3. The number of nitrogens with zero attached hydrogens (tertiary/aromatic N) is 1. The first-order valence-electron chi connectivity index (χ1n) is 7.76. The number of carbonyl (C=O) groups excluding carboxylic acids is 1. The summed E-state index contributed by atoms with van der Waals surface area (Å²) in [6.45, 7) is 1.72. The van der Waals surface area contributed by atoms with Gasteiger partial charge in [0.05, 0.1) is 4.92 Å². The third kappa shape index (κ3) is 3.75. The molecule has 26 heavy (non-hydrogen) atoms. The molecule has 0 amide bonds. The maximum Gasteiger partial charge on any atom is 0.374 e. The summed E-state index contributed by atoms with van der Waals surface area (Å²) < 4.78 is 10.9. The highest BCUT2D eigenvalue weighted by Crippen LogP contribution is 2.28. The number of nitro benzene ring substituents is 1. The van der Waals surface area contributed by atoms with E-state index in [0.29, 0.717) is 21.9 Å². The lowest BCUT2D eigenvalue weighted by Gasteiger charge is -2.13. The number of hydrogen-bond donors (Lipinski definition) is 0. The summed E-state index contributed by atoms with van der Waals surface area (Å²) in [6.07, 6.45) is -0.538. The van der Waals surface area contributed by atoms with Crippen LogP contribution >= 0.6 is 11.6 Å². The lowest BCUT2D eigenvalue weighted by molar-refractivity contribution is -0.384. The molecule has 3 aromatic rings. The molecule has 132 valence electrons. The maximum atomic E-state index is 12.3. The molecule has 0 saturated carbocycles. The van der Waals surface area contributed by atoms with Crippen LogP contribution in [0.4, 0.5) is 5.69 Å². The van der Waals surface area contributed by atoms with Crippen molar-refractivity contribution in [3.8, 4) is 11.3 Å². The van der Waals surface area contributed by atoms with Gasteiger partial charge >= 0.3 is 5.97 Å². The molecule has 6 nitrogen and oxygen atoms in total. The van der Waals surface area contributed by atoms with E-state index in [0.717, 1.165) is 0 Å². The summed E-state index contributed by atoms with van der Waals surface area (Å²) >= 11 is 6.11. The van der Waals surface area contributed by atoms with Crippen LogP contribution in [-0.4, -0.2) is 10.9 Å². The topological polar surface area (TPSA) is 82.6 Å². The molecule has 1 atom stereocenters. The Hall–Kier alpha value is -3.12. The van der Waals surface area contributed by atoms with Gasteiger partial charge in [0.1, 0.15) is 11.9 Å². The van der Waals surface area contributed by atoms with Gasteiger partial charge in [0.25, 0.3) is 5.69 Å². The summed E-state index contributed by atoms with van der Waals surface area (Å²) in [5.74, 6) is -0.167. The van der Waals surface area contributed by atoms with Gasteiger partial charge in [0.15, 0.2) is 0 Å². The fraction of sp³-hybridized carbons (Fsp3) is 0.105. The van der Waals surface area contributed by atoms with Gasteiger partial charge in [0.2, 0.25) is 5.76 Å². The van der Waals surface area contributed by atoms with Crippen LogP contribution in [0.3, 0.4) is 0 Å². The van der Waals surface area contributed by atoms with E-state index in [2.05, 4.69) is 0 Å². The minimum atomic E-state index is -0.620. The molecule has 0 saturated heterocycles. The van der Waals surface area contributed by atoms with Crippen LogP contribution in [0.15, 0.2) is 65.1 Å². The second-order valence-electron chi connectivity index (χ2n) is 5.54. The lowest BCUT2D eigenvalue weighted by atomic mass is 10.1. The third-order valence-corrected chi connectivity index (χ3v) is 4.14. The summed E-state index contributed by atoms with van der Waals surface area (Å²) in [6, 6.07) is 16.1. The van der Waals surface area contributed by atoms with Gasteiger partial charge in [-0.2, -0.15) is 0 Å². The summed E-state index contributed by atoms with van der Waals surface area (Å²) in [5, 5.41) is 11.2. The molecule has 1 heterocycles. The minimum Gasteiger partial charge on any atom is -0.452 e. The predicted molar refractivity (Wildman–Crippen MR) is 96.1 cm³/mol. The number of furan rings is 1. The average molecular weight is 372 g/mol. The first kappa shape index (κ1) is 17.7. The Morgan fingerprint density at radius 2 is 1.81 bits per heavy atom. The normalized spacial score (nSPS) is 11.8. The average Bonchev–Trinajstić information content (AvgIpc) is 3.12. The highest BCUT2D eigenvalue weighted by molar-refractivity contribution is 6.31. The number of halogens is 1. The molecule has 0 aliphatic carbocycles. The monoisotopic (exact) mass is 371 g/mol. The Labute approximate surface area is 154 Å². The second-order valence-corrected chi connectivity index (χ2v) is 5.94.